The lowest BCUT2D eigenvalue weighted by atomic mass is 9.73. The first-order valence-electron chi connectivity index (χ1n) is 12.8. The number of benzene rings is 2. The van der Waals surface area contributed by atoms with Crippen LogP contribution in [0, 0.1) is 0 Å². The first-order valence-corrected chi connectivity index (χ1v) is 12.8. The highest BCUT2D eigenvalue weighted by atomic mass is 16.8. The summed E-state index contributed by atoms with van der Waals surface area (Å²) in [6, 6.07) is 20.8. The minimum Gasteiger partial charge on any atom is -0.479 e. The minimum atomic E-state index is -2.85. The average molecular weight is 551 g/mol. The molecule has 2 saturated heterocycles. The molecule has 3 N–H and O–H groups in total. The fourth-order valence-electron chi connectivity index (χ4n) is 5.56. The Labute approximate surface area is 230 Å². The van der Waals surface area contributed by atoms with E-state index in [2.05, 4.69) is 6.58 Å². The quantitative estimate of drug-likeness (QED) is 0.286. The van der Waals surface area contributed by atoms with Gasteiger partial charge in [0.25, 0.3) is 0 Å². The lowest BCUT2D eigenvalue weighted by Gasteiger charge is -2.50. The summed E-state index contributed by atoms with van der Waals surface area (Å²) in [6.45, 7) is 3.65. The van der Waals surface area contributed by atoms with Crippen LogP contribution in [-0.4, -0.2) is 57.0 Å². The van der Waals surface area contributed by atoms with E-state index in [9.17, 15) is 24.9 Å². The van der Waals surface area contributed by atoms with E-state index < -0.39 is 47.2 Å². The molecule has 0 radical (unpaired) electrons. The highest BCUT2D eigenvalue weighted by molar-refractivity contribution is 5.86. The number of fused-ring (bicyclic) bond motifs is 2. The van der Waals surface area contributed by atoms with E-state index in [0.29, 0.717) is 5.56 Å². The summed E-state index contributed by atoms with van der Waals surface area (Å²) < 4.78 is 30.3. The lowest BCUT2D eigenvalue weighted by Crippen LogP contribution is -2.73. The molecule has 2 aliphatic rings. The zero-order chi connectivity index (χ0) is 28.4. The second kappa shape index (κ2) is 11.0. The maximum Gasteiger partial charge on any atom is 0.342 e. The number of carboxylic acids is 2. The zero-order valence-corrected chi connectivity index (χ0v) is 21.5. The van der Waals surface area contributed by atoms with Gasteiger partial charge in [0.2, 0.25) is 17.0 Å². The molecule has 0 spiro atoms. The molecule has 3 heterocycles. The van der Waals surface area contributed by atoms with Crippen LogP contribution >= 0.6 is 0 Å². The Morgan fingerprint density at radius 1 is 0.900 bits per heavy atom. The van der Waals surface area contributed by atoms with Crippen molar-refractivity contribution < 1.29 is 48.3 Å². The molecule has 0 unspecified atom stereocenters. The number of hydrogen-bond donors (Lipinski definition) is 3. The van der Waals surface area contributed by atoms with Gasteiger partial charge >= 0.3 is 11.9 Å². The van der Waals surface area contributed by atoms with Crippen LogP contribution in [0.15, 0.2) is 96.1 Å². The summed E-state index contributed by atoms with van der Waals surface area (Å²) in [6.07, 6.45) is -1.93. The first kappa shape index (κ1) is 27.8. The smallest absolute Gasteiger partial charge is 0.342 e. The molecule has 1 aromatic heterocycles. The fourth-order valence-corrected chi connectivity index (χ4v) is 5.56. The van der Waals surface area contributed by atoms with Gasteiger partial charge in [0.05, 0.1) is 19.5 Å². The van der Waals surface area contributed by atoms with Crippen molar-refractivity contribution in [3.8, 4) is 0 Å². The number of hydrogen-bond acceptors (Lipinski definition) is 8. The Kier molecular flexibility index (Phi) is 7.63. The molecule has 2 aliphatic heterocycles. The summed E-state index contributed by atoms with van der Waals surface area (Å²) in [5.41, 5.74) is -4.07. The molecule has 6 atom stereocenters. The summed E-state index contributed by atoms with van der Waals surface area (Å²) in [4.78, 5) is 26.0. The first-order chi connectivity index (χ1) is 19.3. The van der Waals surface area contributed by atoms with Gasteiger partial charge in [-0.15, -0.1) is 6.58 Å². The Hall–Kier alpha value is -3.80. The van der Waals surface area contributed by atoms with E-state index in [1.54, 1.807) is 30.3 Å². The van der Waals surface area contributed by atoms with Crippen molar-refractivity contribution in [3.63, 3.8) is 0 Å². The van der Waals surface area contributed by atoms with Crippen LogP contribution < -0.4 is 0 Å². The molecule has 0 amide bonds. The highest BCUT2D eigenvalue weighted by Gasteiger charge is 2.84. The van der Waals surface area contributed by atoms with Crippen LogP contribution in [-0.2, 0) is 47.4 Å². The lowest BCUT2D eigenvalue weighted by molar-refractivity contribution is -0.389. The largest absolute Gasteiger partial charge is 0.479 e. The van der Waals surface area contributed by atoms with Crippen LogP contribution in [0.1, 0.15) is 29.7 Å². The minimum absolute atomic E-state index is 0.00583. The van der Waals surface area contributed by atoms with Gasteiger partial charge in [0.15, 0.2) is 6.10 Å². The van der Waals surface area contributed by atoms with E-state index in [-0.39, 0.29) is 31.8 Å². The van der Waals surface area contributed by atoms with E-state index in [4.69, 9.17) is 23.4 Å². The number of allylic oxidation sites excluding steroid dienone is 1. The topological polar surface area (TPSA) is 145 Å². The molecule has 2 aromatic carbocycles. The molecular formula is C30H30O10. The Morgan fingerprint density at radius 2 is 1.50 bits per heavy atom. The van der Waals surface area contributed by atoms with Gasteiger partial charge in [0.1, 0.15) is 18.0 Å². The van der Waals surface area contributed by atoms with Gasteiger partial charge in [-0.2, -0.15) is 0 Å². The molecule has 0 saturated carbocycles. The maximum atomic E-state index is 13.3. The normalized spacial score (nSPS) is 31.1. The molecule has 10 nitrogen and oxygen atoms in total. The molecular weight excluding hydrogens is 520 g/mol. The average Bonchev–Trinajstić information content (AvgIpc) is 3.58. The Morgan fingerprint density at radius 3 is 2.00 bits per heavy atom. The van der Waals surface area contributed by atoms with Gasteiger partial charge in [-0.05, 0) is 29.7 Å². The number of aliphatic carboxylic acids is 2. The van der Waals surface area contributed by atoms with Crippen molar-refractivity contribution in [3.05, 3.63) is 109 Å². The van der Waals surface area contributed by atoms with E-state index >= 15 is 0 Å². The van der Waals surface area contributed by atoms with Crippen LogP contribution in [0.25, 0.3) is 0 Å². The summed E-state index contributed by atoms with van der Waals surface area (Å²) in [5, 5.41) is 33.3. The molecule has 3 aromatic rings. The van der Waals surface area contributed by atoms with E-state index in [1.807, 2.05) is 36.4 Å². The van der Waals surface area contributed by atoms with E-state index in [1.165, 1.54) is 18.4 Å². The second-order valence-electron chi connectivity index (χ2n) is 9.80. The SMILES string of the molecule is C=CCC[C@]12O[C@H](C(=O)O)[C@@](O)(c3ccco3)[C@](C(=O)O)(O1)[C@H](OCc1ccccc1)[C@H]2OCc1ccccc1. The molecule has 10 heteroatoms. The molecule has 40 heavy (non-hydrogen) atoms. The van der Waals surface area contributed by atoms with Gasteiger partial charge in [-0.3, -0.25) is 0 Å². The van der Waals surface area contributed by atoms with Crippen LogP contribution in [0.3, 0.4) is 0 Å². The predicted octanol–water partition coefficient (Wildman–Crippen LogP) is 3.64. The summed E-state index contributed by atoms with van der Waals surface area (Å²) in [5.74, 6) is -5.56. The van der Waals surface area contributed by atoms with Crippen molar-refractivity contribution in [1.29, 1.82) is 0 Å². The highest BCUT2D eigenvalue weighted by Crippen LogP contribution is 2.59. The fraction of sp³-hybridized carbons (Fsp3) is 0.333. The van der Waals surface area contributed by atoms with Gasteiger partial charge in [-0.25, -0.2) is 9.59 Å². The summed E-state index contributed by atoms with van der Waals surface area (Å²) >= 11 is 0. The number of carboxylic acid groups (broad SMARTS) is 2. The molecule has 5 rings (SSSR count). The number of rotatable bonds is 12. The van der Waals surface area contributed by atoms with Gasteiger partial charge in [0, 0.05) is 6.42 Å². The van der Waals surface area contributed by atoms with Crippen molar-refractivity contribution in [2.24, 2.45) is 0 Å². The third-order valence-electron chi connectivity index (χ3n) is 7.39. The van der Waals surface area contributed by atoms with Crippen molar-refractivity contribution in [2.45, 2.75) is 61.4 Å². The Balaban J connectivity index is 1.69. The number of ether oxygens (including phenoxy) is 4. The predicted molar refractivity (Wildman–Crippen MR) is 139 cm³/mol. The number of aliphatic hydroxyl groups is 1. The monoisotopic (exact) mass is 550 g/mol. The van der Waals surface area contributed by atoms with Crippen LogP contribution in [0.5, 0.6) is 0 Å². The Bertz CT molecular complexity index is 1330. The van der Waals surface area contributed by atoms with Crippen LogP contribution in [0.2, 0.25) is 0 Å². The standard InChI is InChI=1S/C30H30O10/c1-2-3-16-28-23(37-18-20-11-6-4-7-12-20)24(38-19-21-13-8-5-9-14-21)30(40-28,27(33)34)29(35,22-15-10-17-36-22)25(39-28)26(31)32/h2,4-15,17,23-25,35H,1,3,16,18-19H2,(H,31,32)(H,33,34)/t23-,24-,25-,28+,29+,30+/m1/s1. The third-order valence-corrected chi connectivity index (χ3v) is 7.39. The van der Waals surface area contributed by atoms with E-state index in [0.717, 1.165) is 5.56 Å². The summed E-state index contributed by atoms with van der Waals surface area (Å²) in [7, 11) is 0. The zero-order valence-electron chi connectivity index (χ0n) is 21.5. The van der Waals surface area contributed by atoms with Gasteiger partial charge in [-0.1, -0.05) is 66.7 Å². The molecule has 2 fully saturated rings. The van der Waals surface area contributed by atoms with Crippen molar-refractivity contribution in [2.75, 3.05) is 0 Å². The third kappa shape index (κ3) is 4.43. The molecule has 0 aliphatic carbocycles. The molecule has 210 valence electrons. The molecule has 2 bridgehead atoms. The van der Waals surface area contributed by atoms with Gasteiger partial charge < -0.3 is 38.7 Å². The number of carbonyl (C=O) groups is 2. The number of furan rings is 1. The second-order valence-corrected chi connectivity index (χ2v) is 9.80. The van der Waals surface area contributed by atoms with Crippen LogP contribution in [0.4, 0.5) is 0 Å². The maximum absolute atomic E-state index is 13.3. The van der Waals surface area contributed by atoms with Crippen molar-refractivity contribution >= 4 is 11.9 Å². The van der Waals surface area contributed by atoms with Crippen molar-refractivity contribution in [1.82, 2.24) is 0 Å².